The van der Waals surface area contributed by atoms with Gasteiger partial charge in [0, 0.05) is 17.4 Å². The van der Waals surface area contributed by atoms with Gasteiger partial charge in [-0.2, -0.15) is 0 Å². The average molecular weight is 397 g/mol. The molecule has 0 radical (unpaired) electrons. The summed E-state index contributed by atoms with van der Waals surface area (Å²) >= 11 is 3.84. The summed E-state index contributed by atoms with van der Waals surface area (Å²) in [6.07, 6.45) is 11.3. The lowest BCUT2D eigenvalue weighted by molar-refractivity contribution is -0.101. The Morgan fingerprint density at radius 1 is 1.42 bits per heavy atom. The maximum atomic E-state index is 11.5. The summed E-state index contributed by atoms with van der Waals surface area (Å²) in [6, 6.07) is 0. The van der Waals surface area contributed by atoms with Gasteiger partial charge in [-0.3, -0.25) is 0 Å². The minimum Gasteiger partial charge on any atom is -0.385 e. The standard InChI is InChI=1S/C21H33BrO2/c1-15(8-7-12-19(3,4)24-6)17-11-13-20(5)18(22)10-9-16(2)21(20,23)14-17/h7-8,12,17-18,23H,2,9-11,13-14H2,1,3-6H3. The maximum Gasteiger partial charge on any atom is 0.0923 e. The van der Waals surface area contributed by atoms with Crippen LogP contribution in [0.4, 0.5) is 0 Å². The molecule has 3 heteroatoms. The molecule has 0 aromatic rings. The number of fused-ring (bicyclic) bond motifs is 1. The van der Waals surface area contributed by atoms with E-state index in [-0.39, 0.29) is 11.0 Å². The van der Waals surface area contributed by atoms with Crippen molar-refractivity contribution in [2.45, 2.75) is 75.8 Å². The zero-order valence-corrected chi connectivity index (χ0v) is 17.4. The first-order valence-corrected chi connectivity index (χ1v) is 9.93. The summed E-state index contributed by atoms with van der Waals surface area (Å²) < 4.78 is 5.42. The van der Waals surface area contributed by atoms with E-state index in [2.05, 4.69) is 54.6 Å². The predicted molar refractivity (Wildman–Crippen MR) is 105 cm³/mol. The van der Waals surface area contributed by atoms with Crippen LogP contribution in [0.1, 0.15) is 59.8 Å². The van der Waals surface area contributed by atoms with E-state index in [1.165, 1.54) is 5.57 Å². The molecule has 2 fully saturated rings. The normalized spacial score (nSPS) is 38.5. The fourth-order valence-electron chi connectivity index (χ4n) is 4.19. The third-order valence-corrected chi connectivity index (χ3v) is 7.97. The summed E-state index contributed by atoms with van der Waals surface area (Å²) in [5, 5.41) is 11.5. The molecule has 4 atom stereocenters. The van der Waals surface area contributed by atoms with Crippen LogP contribution in [0.25, 0.3) is 0 Å². The number of rotatable bonds is 4. The van der Waals surface area contributed by atoms with Gasteiger partial charge in [0.05, 0.1) is 11.2 Å². The Morgan fingerprint density at radius 2 is 2.08 bits per heavy atom. The van der Waals surface area contributed by atoms with Crippen LogP contribution >= 0.6 is 15.9 Å². The molecule has 2 nitrogen and oxygen atoms in total. The van der Waals surface area contributed by atoms with Crippen LogP contribution in [-0.4, -0.2) is 28.2 Å². The Labute approximate surface area is 156 Å². The van der Waals surface area contributed by atoms with Gasteiger partial charge in [0.15, 0.2) is 0 Å². The highest BCUT2D eigenvalue weighted by Crippen LogP contribution is 2.58. The summed E-state index contributed by atoms with van der Waals surface area (Å²) in [4.78, 5) is 0.369. The van der Waals surface area contributed by atoms with Crippen molar-refractivity contribution in [2.24, 2.45) is 11.3 Å². The van der Waals surface area contributed by atoms with Crippen molar-refractivity contribution in [3.05, 3.63) is 36.0 Å². The number of hydrogen-bond donors (Lipinski definition) is 1. The summed E-state index contributed by atoms with van der Waals surface area (Å²) in [6.45, 7) is 12.7. The van der Waals surface area contributed by atoms with Crippen molar-refractivity contribution in [2.75, 3.05) is 7.11 Å². The summed E-state index contributed by atoms with van der Waals surface area (Å²) in [5.74, 6) is 0.410. The van der Waals surface area contributed by atoms with E-state index in [1.54, 1.807) is 7.11 Å². The van der Waals surface area contributed by atoms with Gasteiger partial charge in [-0.15, -0.1) is 0 Å². The number of alkyl halides is 1. The van der Waals surface area contributed by atoms with Crippen molar-refractivity contribution in [3.63, 3.8) is 0 Å². The first-order chi connectivity index (χ1) is 11.1. The van der Waals surface area contributed by atoms with Gasteiger partial charge in [-0.1, -0.05) is 53.2 Å². The van der Waals surface area contributed by atoms with Gasteiger partial charge >= 0.3 is 0 Å². The molecule has 2 saturated carbocycles. The smallest absolute Gasteiger partial charge is 0.0923 e. The van der Waals surface area contributed by atoms with E-state index in [0.717, 1.165) is 37.7 Å². The van der Waals surface area contributed by atoms with E-state index >= 15 is 0 Å². The number of allylic oxidation sites excluding steroid dienone is 3. The van der Waals surface area contributed by atoms with Gasteiger partial charge < -0.3 is 9.84 Å². The molecule has 0 aliphatic heterocycles. The SMILES string of the molecule is C=C1CCC(Br)C2(C)CCC(C(C)=CC=CC(C)(C)OC)CC12O. The molecule has 136 valence electrons. The molecule has 2 aliphatic rings. The molecule has 2 rings (SSSR count). The Hall–Kier alpha value is -0.380. The van der Waals surface area contributed by atoms with Crippen molar-refractivity contribution >= 4 is 15.9 Å². The third kappa shape index (κ3) is 3.59. The van der Waals surface area contributed by atoms with Gasteiger partial charge in [-0.25, -0.2) is 0 Å². The third-order valence-electron chi connectivity index (χ3n) is 6.50. The highest BCUT2D eigenvalue weighted by atomic mass is 79.9. The first-order valence-electron chi connectivity index (χ1n) is 9.01. The van der Waals surface area contributed by atoms with Crippen LogP contribution in [0.5, 0.6) is 0 Å². The molecule has 0 aromatic carbocycles. The van der Waals surface area contributed by atoms with E-state index < -0.39 is 5.60 Å². The van der Waals surface area contributed by atoms with E-state index in [0.29, 0.717) is 10.7 Å². The van der Waals surface area contributed by atoms with Crippen LogP contribution in [0.2, 0.25) is 0 Å². The van der Waals surface area contributed by atoms with E-state index in [4.69, 9.17) is 4.74 Å². The van der Waals surface area contributed by atoms with Crippen LogP contribution in [0, 0.1) is 11.3 Å². The molecular weight excluding hydrogens is 364 g/mol. The molecule has 0 saturated heterocycles. The molecule has 0 amide bonds. The number of ether oxygens (including phenoxy) is 1. The number of halogens is 1. The lowest BCUT2D eigenvalue weighted by Crippen LogP contribution is -2.58. The van der Waals surface area contributed by atoms with Gasteiger partial charge in [0.1, 0.15) is 0 Å². The van der Waals surface area contributed by atoms with Gasteiger partial charge in [-0.05, 0) is 64.4 Å². The number of hydrogen-bond acceptors (Lipinski definition) is 2. The minimum absolute atomic E-state index is 0.104. The second kappa shape index (κ2) is 7.09. The minimum atomic E-state index is -0.757. The van der Waals surface area contributed by atoms with Crippen molar-refractivity contribution in [1.29, 1.82) is 0 Å². The lowest BCUT2D eigenvalue weighted by Gasteiger charge is -2.57. The Kier molecular flexibility index (Phi) is 5.89. The first kappa shape index (κ1) is 19.9. The second-order valence-corrected chi connectivity index (χ2v) is 9.51. The van der Waals surface area contributed by atoms with Gasteiger partial charge in [0.25, 0.3) is 0 Å². The molecule has 0 heterocycles. The maximum absolute atomic E-state index is 11.5. The van der Waals surface area contributed by atoms with Crippen molar-refractivity contribution in [1.82, 2.24) is 0 Å². The predicted octanol–water partition coefficient (Wildman–Crippen LogP) is 5.56. The van der Waals surface area contributed by atoms with Crippen molar-refractivity contribution < 1.29 is 9.84 Å². The highest BCUT2D eigenvalue weighted by Gasteiger charge is 2.57. The zero-order valence-electron chi connectivity index (χ0n) is 15.9. The molecule has 24 heavy (non-hydrogen) atoms. The fraction of sp³-hybridized carbons (Fsp3) is 0.714. The topological polar surface area (TPSA) is 29.5 Å². The quantitative estimate of drug-likeness (QED) is 0.382. The Bertz CT molecular complexity index is 548. The fourth-order valence-corrected chi connectivity index (χ4v) is 5.02. The highest BCUT2D eigenvalue weighted by molar-refractivity contribution is 9.09. The second-order valence-electron chi connectivity index (χ2n) is 8.40. The van der Waals surface area contributed by atoms with Crippen LogP contribution < -0.4 is 0 Å². The number of methoxy groups -OCH3 is 1. The molecule has 1 N–H and O–H groups in total. The number of aliphatic hydroxyl groups is 1. The summed E-state index contributed by atoms with van der Waals surface area (Å²) in [7, 11) is 1.73. The largest absolute Gasteiger partial charge is 0.385 e. The Morgan fingerprint density at radius 3 is 2.71 bits per heavy atom. The summed E-state index contributed by atoms with van der Waals surface area (Å²) in [5.41, 5.74) is 1.24. The van der Waals surface area contributed by atoms with Crippen LogP contribution in [-0.2, 0) is 4.74 Å². The molecule has 4 unspecified atom stereocenters. The average Bonchev–Trinajstić information content (AvgIpc) is 2.53. The van der Waals surface area contributed by atoms with Gasteiger partial charge in [0.2, 0.25) is 0 Å². The molecule has 0 bridgehead atoms. The van der Waals surface area contributed by atoms with Crippen molar-refractivity contribution in [3.8, 4) is 0 Å². The molecule has 2 aliphatic carbocycles. The molecule has 0 spiro atoms. The monoisotopic (exact) mass is 396 g/mol. The van der Waals surface area contributed by atoms with E-state index in [9.17, 15) is 5.11 Å². The molecular formula is C21H33BrO2. The van der Waals surface area contributed by atoms with E-state index in [1.807, 2.05) is 13.8 Å². The Balaban J connectivity index is 2.17. The molecule has 0 aromatic heterocycles. The lowest BCUT2D eigenvalue weighted by atomic mass is 9.53. The van der Waals surface area contributed by atoms with Crippen LogP contribution in [0.15, 0.2) is 36.0 Å². The zero-order chi connectivity index (χ0) is 18.2. The van der Waals surface area contributed by atoms with Crippen LogP contribution in [0.3, 0.4) is 0 Å².